The zero-order valence-electron chi connectivity index (χ0n) is 23.5. The molecule has 2 aromatic rings. The normalized spacial score (nSPS) is 11.5. The third-order valence-corrected chi connectivity index (χ3v) is 11.5. The van der Waals surface area contributed by atoms with Gasteiger partial charge in [0.1, 0.15) is 0 Å². The molecule has 39 heavy (non-hydrogen) atoms. The molecule has 0 fully saturated rings. The predicted octanol–water partition coefficient (Wildman–Crippen LogP) is 6.82. The zero-order chi connectivity index (χ0) is 28.6. The maximum atomic E-state index is 11.4. The van der Waals surface area contributed by atoms with Gasteiger partial charge in [0.2, 0.25) is 0 Å². The minimum Gasteiger partial charge on any atom is -0.824 e. The Morgan fingerprint density at radius 2 is 0.872 bits per heavy atom. The van der Waals surface area contributed by atoms with Crippen molar-refractivity contribution in [3.05, 3.63) is 58.7 Å². The van der Waals surface area contributed by atoms with E-state index in [0.29, 0.717) is 0 Å². The van der Waals surface area contributed by atoms with Crippen molar-refractivity contribution in [3.8, 4) is 0 Å². The Kier molecular flexibility index (Phi) is 22.2. The summed E-state index contributed by atoms with van der Waals surface area (Å²) in [4.78, 5) is 47.1. The van der Waals surface area contributed by atoms with Crippen LogP contribution in [0.25, 0.3) is 0 Å². The van der Waals surface area contributed by atoms with Crippen LogP contribution in [-0.2, 0) is 70.4 Å². The monoisotopic (exact) mass is 730 g/mol. The Labute approximate surface area is 269 Å². The van der Waals surface area contributed by atoms with E-state index in [2.05, 4.69) is 63.4 Å². The van der Waals surface area contributed by atoms with E-state index in [1.54, 1.807) is 0 Å². The largest absolute Gasteiger partial charge is 4.00 e. The van der Waals surface area contributed by atoms with Gasteiger partial charge in [-0.2, -0.15) is 11.4 Å². The SMILES string of the molecule is CCCCc1cccc(SP([O-])([O-])=S)c1CCCC.CCCCc1cccc(SP([O-])([O-])=S)c1CCCC.[Mo+4]. The van der Waals surface area contributed by atoms with Crippen LogP contribution in [0.15, 0.2) is 46.2 Å². The Hall–Kier alpha value is 0.968. The van der Waals surface area contributed by atoms with E-state index in [4.69, 9.17) is 0 Å². The predicted molar refractivity (Wildman–Crippen MR) is 168 cm³/mol. The van der Waals surface area contributed by atoms with E-state index in [1.807, 2.05) is 24.3 Å². The molecule has 2 aromatic carbocycles. The summed E-state index contributed by atoms with van der Waals surface area (Å²) in [7, 11) is 0. The van der Waals surface area contributed by atoms with Crippen molar-refractivity contribution < 1.29 is 40.6 Å². The van der Waals surface area contributed by atoms with E-state index in [9.17, 15) is 19.6 Å². The first kappa shape index (κ1) is 40.0. The van der Waals surface area contributed by atoms with Crippen LogP contribution in [0.5, 0.6) is 0 Å². The molecule has 0 atom stereocenters. The summed E-state index contributed by atoms with van der Waals surface area (Å²) in [6, 6.07) is 11.9. The van der Waals surface area contributed by atoms with Crippen molar-refractivity contribution >= 4 is 57.8 Å². The summed E-state index contributed by atoms with van der Waals surface area (Å²) in [5, 5.41) is 0. The summed E-state index contributed by atoms with van der Waals surface area (Å²) in [5.41, 5.74) is -2.55. The van der Waals surface area contributed by atoms with Gasteiger partial charge in [0.15, 0.2) is 0 Å². The Balaban J connectivity index is 0.000000722. The second-order valence-corrected chi connectivity index (χ2v) is 20.6. The Morgan fingerprint density at radius 1 is 0.564 bits per heavy atom. The Bertz CT molecular complexity index is 976. The van der Waals surface area contributed by atoms with Crippen LogP contribution < -0.4 is 19.6 Å². The molecule has 0 bridgehead atoms. The molecule has 218 valence electrons. The van der Waals surface area contributed by atoms with Crippen LogP contribution in [0.4, 0.5) is 0 Å². The summed E-state index contributed by atoms with van der Waals surface area (Å²) in [6.07, 6.45) is 12.8. The van der Waals surface area contributed by atoms with Crippen LogP contribution in [-0.4, -0.2) is 0 Å². The average Bonchev–Trinajstić information content (AvgIpc) is 2.83. The van der Waals surface area contributed by atoms with E-state index in [-0.39, 0.29) is 21.1 Å². The fourth-order valence-electron chi connectivity index (χ4n) is 4.11. The summed E-state index contributed by atoms with van der Waals surface area (Å²) in [6.45, 7) is 8.62. The van der Waals surface area contributed by atoms with Crippen LogP contribution in [0.3, 0.4) is 0 Å². The van der Waals surface area contributed by atoms with Crippen molar-refractivity contribution in [1.82, 2.24) is 0 Å². The van der Waals surface area contributed by atoms with Crippen molar-refractivity contribution in [3.63, 3.8) is 0 Å². The first-order valence-corrected chi connectivity index (χ1v) is 21.7. The Morgan fingerprint density at radius 3 is 1.15 bits per heavy atom. The van der Waals surface area contributed by atoms with Crippen LogP contribution in [0.2, 0.25) is 0 Å². The van der Waals surface area contributed by atoms with Gasteiger partial charge in [-0.05, 0) is 85.8 Å². The standard InChI is InChI=1S/2C14H23O2PS2.Mo/c2*1-3-5-8-12-9-7-11-14(19-17(15,16)18)13(12)10-6-4-2;/h2*7,9,11H,3-6,8,10H2,1-2H3,(H2,15,16,18);/q;;+4/p-4. The van der Waals surface area contributed by atoms with Gasteiger partial charge in [-0.3, -0.25) is 0 Å². The number of hydrogen-bond donors (Lipinski definition) is 0. The number of aryl methyl sites for hydroxylation is 2. The van der Waals surface area contributed by atoms with Gasteiger partial charge in [-0.1, -0.05) is 77.6 Å². The van der Waals surface area contributed by atoms with Crippen molar-refractivity contribution in [2.24, 2.45) is 0 Å². The molecule has 4 nitrogen and oxygen atoms in total. The molecule has 0 aliphatic heterocycles. The molecule has 0 spiro atoms. The smallest absolute Gasteiger partial charge is 0.824 e. The van der Waals surface area contributed by atoms with E-state index in [0.717, 1.165) is 110 Å². The van der Waals surface area contributed by atoms with Crippen LogP contribution in [0.1, 0.15) is 101 Å². The van der Waals surface area contributed by atoms with Crippen molar-refractivity contribution in [1.29, 1.82) is 0 Å². The molecule has 0 aromatic heterocycles. The van der Waals surface area contributed by atoms with Gasteiger partial charge in [0.05, 0.1) is 0 Å². The molecule has 0 N–H and O–H groups in total. The molecular formula is C28H42MoO4P2S4. The minimum absolute atomic E-state index is 0. The van der Waals surface area contributed by atoms with Gasteiger partial charge >= 0.3 is 21.1 Å². The van der Waals surface area contributed by atoms with E-state index >= 15 is 0 Å². The third kappa shape index (κ3) is 17.6. The second kappa shape index (κ2) is 21.6. The molecule has 0 radical (unpaired) electrons. The number of hydrogen-bond acceptors (Lipinski definition) is 8. The maximum Gasteiger partial charge on any atom is 4.00 e. The molecule has 0 heterocycles. The summed E-state index contributed by atoms with van der Waals surface area (Å²) < 4.78 is 0. The molecule has 2 rings (SSSR count). The molecule has 0 saturated carbocycles. The first-order chi connectivity index (χ1) is 18.0. The number of rotatable bonds is 16. The van der Waals surface area contributed by atoms with Gasteiger partial charge in [-0.15, -0.1) is 46.4 Å². The molecule has 0 amide bonds. The van der Waals surface area contributed by atoms with E-state index < -0.39 is 11.4 Å². The molecule has 0 saturated heterocycles. The molecular weight excluding hydrogens is 686 g/mol. The van der Waals surface area contributed by atoms with Crippen LogP contribution >= 0.6 is 34.2 Å². The number of benzene rings is 2. The molecule has 0 aliphatic rings. The van der Waals surface area contributed by atoms with Gasteiger partial charge in [0.25, 0.3) is 0 Å². The fourth-order valence-corrected chi connectivity index (χ4v) is 9.48. The minimum atomic E-state index is -3.74. The van der Waals surface area contributed by atoms with E-state index in [1.165, 1.54) is 22.3 Å². The van der Waals surface area contributed by atoms with Gasteiger partial charge < -0.3 is 19.6 Å². The van der Waals surface area contributed by atoms with Crippen LogP contribution in [0, 0.1) is 0 Å². The quantitative estimate of drug-likeness (QED) is 0.138. The zero-order valence-corrected chi connectivity index (χ0v) is 30.6. The maximum absolute atomic E-state index is 11.4. The molecule has 0 unspecified atom stereocenters. The number of unbranched alkanes of at least 4 members (excludes halogenated alkanes) is 4. The second-order valence-electron chi connectivity index (χ2n) is 9.28. The van der Waals surface area contributed by atoms with Gasteiger partial charge in [-0.25, -0.2) is 0 Å². The summed E-state index contributed by atoms with van der Waals surface area (Å²) >= 11 is 10.7. The summed E-state index contributed by atoms with van der Waals surface area (Å²) in [5.74, 6) is 0. The first-order valence-electron chi connectivity index (χ1n) is 13.6. The topological polar surface area (TPSA) is 92.2 Å². The van der Waals surface area contributed by atoms with Gasteiger partial charge in [0, 0.05) is 9.79 Å². The molecule has 0 aliphatic carbocycles. The fraction of sp³-hybridized carbons (Fsp3) is 0.571. The third-order valence-electron chi connectivity index (χ3n) is 6.04. The van der Waals surface area contributed by atoms with Crippen molar-refractivity contribution in [2.75, 3.05) is 0 Å². The van der Waals surface area contributed by atoms with Crippen molar-refractivity contribution in [2.45, 2.75) is 115 Å². The average molecular weight is 729 g/mol. The molecule has 11 heteroatoms.